The van der Waals surface area contributed by atoms with Crippen molar-refractivity contribution in [2.75, 3.05) is 11.6 Å². The van der Waals surface area contributed by atoms with Gasteiger partial charge in [-0.15, -0.1) is 11.8 Å². The van der Waals surface area contributed by atoms with Crippen molar-refractivity contribution in [2.24, 2.45) is 0 Å². The smallest absolute Gasteiger partial charge is 0.222 e. The molecule has 0 aliphatic heterocycles. The van der Waals surface area contributed by atoms with Gasteiger partial charge in [-0.2, -0.15) is 0 Å². The largest absolute Gasteiger partial charge is 0.350 e. The molecular weight excluding hydrogens is 218 g/mol. The number of hydrogen-bond donors (Lipinski definition) is 1. The zero-order valence-electron chi connectivity index (χ0n) is 9.05. The van der Waals surface area contributed by atoms with Crippen LogP contribution in [0.25, 0.3) is 0 Å². The lowest BCUT2D eigenvalue weighted by molar-refractivity contribution is 1.03. The standard InChI is InChI=1S/C12H13N3S/c1-16-11-8-14-12(15-9-11)13-7-10-5-3-2-4-6-10/h2-6,8-9H,7H2,1H3,(H,13,14,15). The van der Waals surface area contributed by atoms with Crippen molar-refractivity contribution in [3.63, 3.8) is 0 Å². The first-order chi connectivity index (χ1) is 7.88. The maximum atomic E-state index is 4.22. The minimum absolute atomic E-state index is 0.668. The van der Waals surface area contributed by atoms with E-state index < -0.39 is 0 Å². The second-order valence-corrected chi connectivity index (χ2v) is 4.17. The molecule has 0 spiro atoms. The van der Waals surface area contributed by atoms with E-state index in [1.165, 1.54) is 5.56 Å². The van der Waals surface area contributed by atoms with E-state index in [1.54, 1.807) is 11.8 Å². The highest BCUT2D eigenvalue weighted by atomic mass is 32.2. The minimum atomic E-state index is 0.668. The van der Waals surface area contributed by atoms with E-state index in [4.69, 9.17) is 0 Å². The second kappa shape index (κ2) is 5.51. The number of nitrogens with one attached hydrogen (secondary N) is 1. The number of thioether (sulfide) groups is 1. The van der Waals surface area contributed by atoms with Crippen LogP contribution in [0, 0.1) is 0 Å². The van der Waals surface area contributed by atoms with Crippen molar-refractivity contribution in [2.45, 2.75) is 11.4 Å². The van der Waals surface area contributed by atoms with Gasteiger partial charge in [0.2, 0.25) is 5.95 Å². The molecule has 0 aliphatic rings. The Morgan fingerprint density at radius 1 is 1.12 bits per heavy atom. The van der Waals surface area contributed by atoms with E-state index in [0.717, 1.165) is 11.4 Å². The van der Waals surface area contributed by atoms with Crippen LogP contribution in [0.5, 0.6) is 0 Å². The molecule has 0 saturated carbocycles. The van der Waals surface area contributed by atoms with Crippen molar-refractivity contribution in [3.8, 4) is 0 Å². The van der Waals surface area contributed by atoms with Crippen LogP contribution in [-0.4, -0.2) is 16.2 Å². The summed E-state index contributed by atoms with van der Waals surface area (Å²) < 4.78 is 0. The Morgan fingerprint density at radius 2 is 1.81 bits per heavy atom. The summed E-state index contributed by atoms with van der Waals surface area (Å²) in [5.74, 6) is 0.668. The fourth-order valence-electron chi connectivity index (χ4n) is 1.29. The average molecular weight is 231 g/mol. The molecule has 82 valence electrons. The molecular formula is C12H13N3S. The lowest BCUT2D eigenvalue weighted by Crippen LogP contribution is -2.02. The molecule has 16 heavy (non-hydrogen) atoms. The Bertz CT molecular complexity index is 428. The van der Waals surface area contributed by atoms with Crippen molar-refractivity contribution < 1.29 is 0 Å². The average Bonchev–Trinajstić information content (AvgIpc) is 2.38. The SMILES string of the molecule is CSc1cnc(NCc2ccccc2)nc1. The number of rotatable bonds is 4. The van der Waals surface area contributed by atoms with E-state index in [0.29, 0.717) is 5.95 Å². The van der Waals surface area contributed by atoms with Gasteiger partial charge in [-0.05, 0) is 11.8 Å². The molecule has 2 rings (SSSR count). The molecule has 0 radical (unpaired) electrons. The maximum absolute atomic E-state index is 4.22. The van der Waals surface area contributed by atoms with E-state index in [9.17, 15) is 0 Å². The highest BCUT2D eigenvalue weighted by Crippen LogP contribution is 2.12. The van der Waals surface area contributed by atoms with Crippen LogP contribution in [0.1, 0.15) is 5.56 Å². The van der Waals surface area contributed by atoms with Gasteiger partial charge in [-0.3, -0.25) is 0 Å². The summed E-state index contributed by atoms with van der Waals surface area (Å²) in [5, 5.41) is 3.18. The Hall–Kier alpha value is -1.55. The molecule has 0 atom stereocenters. The van der Waals surface area contributed by atoms with E-state index >= 15 is 0 Å². The van der Waals surface area contributed by atoms with Gasteiger partial charge in [0.15, 0.2) is 0 Å². The predicted octanol–water partition coefficient (Wildman–Crippen LogP) is 2.81. The molecule has 0 saturated heterocycles. The van der Waals surface area contributed by atoms with Gasteiger partial charge in [0.1, 0.15) is 0 Å². The topological polar surface area (TPSA) is 37.8 Å². The lowest BCUT2D eigenvalue weighted by Gasteiger charge is -2.04. The number of nitrogens with zero attached hydrogens (tertiary/aromatic N) is 2. The van der Waals surface area contributed by atoms with Crippen molar-refractivity contribution >= 4 is 17.7 Å². The molecule has 2 aromatic rings. The van der Waals surface area contributed by atoms with Crippen molar-refractivity contribution in [1.82, 2.24) is 9.97 Å². The molecule has 0 amide bonds. The van der Waals surface area contributed by atoms with E-state index in [1.807, 2.05) is 36.8 Å². The summed E-state index contributed by atoms with van der Waals surface area (Å²) in [7, 11) is 0. The third-order valence-electron chi connectivity index (χ3n) is 2.16. The van der Waals surface area contributed by atoms with Gasteiger partial charge >= 0.3 is 0 Å². The number of hydrogen-bond acceptors (Lipinski definition) is 4. The third-order valence-corrected chi connectivity index (χ3v) is 2.84. The number of aromatic nitrogens is 2. The van der Waals surface area contributed by atoms with Crippen LogP contribution < -0.4 is 5.32 Å². The van der Waals surface area contributed by atoms with Gasteiger partial charge in [0, 0.05) is 23.8 Å². The first-order valence-corrected chi connectivity index (χ1v) is 6.25. The summed E-state index contributed by atoms with van der Waals surface area (Å²) in [6.07, 6.45) is 5.66. The van der Waals surface area contributed by atoms with Gasteiger partial charge in [0.05, 0.1) is 0 Å². The van der Waals surface area contributed by atoms with Crippen LogP contribution in [0.15, 0.2) is 47.6 Å². The lowest BCUT2D eigenvalue weighted by atomic mass is 10.2. The monoisotopic (exact) mass is 231 g/mol. The van der Waals surface area contributed by atoms with Gasteiger partial charge < -0.3 is 5.32 Å². The molecule has 3 nitrogen and oxygen atoms in total. The molecule has 0 unspecified atom stereocenters. The van der Waals surface area contributed by atoms with Crippen molar-refractivity contribution in [3.05, 3.63) is 48.3 Å². The summed E-state index contributed by atoms with van der Waals surface area (Å²) in [4.78, 5) is 9.52. The van der Waals surface area contributed by atoms with Crippen LogP contribution in [0.2, 0.25) is 0 Å². The van der Waals surface area contributed by atoms with Crippen LogP contribution in [0.4, 0.5) is 5.95 Å². The Labute approximate surface area is 99.3 Å². The molecule has 0 fully saturated rings. The predicted molar refractivity (Wildman–Crippen MR) is 67.6 cm³/mol. The van der Waals surface area contributed by atoms with Gasteiger partial charge in [-0.1, -0.05) is 30.3 Å². The highest BCUT2D eigenvalue weighted by molar-refractivity contribution is 7.98. The normalized spacial score (nSPS) is 10.1. The quantitative estimate of drug-likeness (QED) is 0.821. The zero-order valence-corrected chi connectivity index (χ0v) is 9.87. The van der Waals surface area contributed by atoms with Crippen LogP contribution in [0.3, 0.4) is 0 Å². The molecule has 0 aliphatic carbocycles. The van der Waals surface area contributed by atoms with Crippen LogP contribution in [-0.2, 0) is 6.54 Å². The zero-order chi connectivity index (χ0) is 11.2. The first kappa shape index (κ1) is 11.0. The second-order valence-electron chi connectivity index (χ2n) is 3.29. The molecule has 1 aromatic heterocycles. The maximum Gasteiger partial charge on any atom is 0.222 e. The van der Waals surface area contributed by atoms with Crippen LogP contribution >= 0.6 is 11.8 Å². The van der Waals surface area contributed by atoms with Gasteiger partial charge in [-0.25, -0.2) is 9.97 Å². The summed E-state index contributed by atoms with van der Waals surface area (Å²) in [6, 6.07) is 10.2. The molecule has 0 bridgehead atoms. The summed E-state index contributed by atoms with van der Waals surface area (Å²) >= 11 is 1.64. The Balaban J connectivity index is 1.94. The fourth-order valence-corrected chi connectivity index (χ4v) is 1.61. The number of anilines is 1. The van der Waals surface area contributed by atoms with Gasteiger partial charge in [0.25, 0.3) is 0 Å². The third kappa shape index (κ3) is 2.97. The summed E-state index contributed by atoms with van der Waals surface area (Å²) in [6.45, 7) is 0.749. The Morgan fingerprint density at radius 3 is 2.44 bits per heavy atom. The Kier molecular flexibility index (Phi) is 3.77. The molecule has 1 aromatic carbocycles. The minimum Gasteiger partial charge on any atom is -0.350 e. The molecule has 1 heterocycles. The molecule has 1 N–H and O–H groups in total. The highest BCUT2D eigenvalue weighted by Gasteiger charge is 1.96. The molecule has 4 heteroatoms. The fraction of sp³-hybridized carbons (Fsp3) is 0.167. The number of benzene rings is 1. The summed E-state index contributed by atoms with van der Waals surface area (Å²) in [5.41, 5.74) is 1.22. The van der Waals surface area contributed by atoms with E-state index in [2.05, 4.69) is 27.4 Å². The van der Waals surface area contributed by atoms with E-state index in [-0.39, 0.29) is 0 Å². The first-order valence-electron chi connectivity index (χ1n) is 5.02. The van der Waals surface area contributed by atoms with Crippen molar-refractivity contribution in [1.29, 1.82) is 0 Å².